The van der Waals surface area contributed by atoms with Crippen molar-refractivity contribution in [3.05, 3.63) is 20.8 Å². The van der Waals surface area contributed by atoms with Gasteiger partial charge in [-0.25, -0.2) is 0 Å². The molecule has 1 saturated carbocycles. The van der Waals surface area contributed by atoms with Gasteiger partial charge in [-0.3, -0.25) is 4.90 Å². The lowest BCUT2D eigenvalue weighted by Crippen LogP contribution is -2.40. The summed E-state index contributed by atoms with van der Waals surface area (Å²) in [7, 11) is 0. The molecule has 1 aromatic rings. The molecular weight excluding hydrogens is 286 g/mol. The van der Waals surface area contributed by atoms with Crippen LogP contribution in [0, 0.1) is 0 Å². The van der Waals surface area contributed by atoms with Crippen molar-refractivity contribution in [3.63, 3.8) is 0 Å². The smallest absolute Gasteiger partial charge is 0.0443 e. The van der Waals surface area contributed by atoms with Crippen molar-refractivity contribution in [2.24, 2.45) is 0 Å². The number of halogens is 1. The molecule has 90 valence electrons. The molecule has 0 spiro atoms. The third-order valence-corrected chi connectivity index (χ3v) is 4.86. The van der Waals surface area contributed by atoms with E-state index in [0.29, 0.717) is 6.61 Å². The maximum Gasteiger partial charge on any atom is 0.0443 e. The molecule has 0 aliphatic heterocycles. The van der Waals surface area contributed by atoms with Crippen LogP contribution < -0.4 is 0 Å². The molecule has 1 aromatic heterocycles. The summed E-state index contributed by atoms with van der Waals surface area (Å²) in [4.78, 5) is 3.94. The van der Waals surface area contributed by atoms with Gasteiger partial charge in [-0.05, 0) is 41.3 Å². The summed E-state index contributed by atoms with van der Waals surface area (Å²) >= 11 is 5.31. The average molecular weight is 304 g/mol. The SMILES string of the molecule is OCCCN(Cc1cc(Br)cs1)C1CCC1. The molecule has 1 aliphatic carbocycles. The second-order valence-corrected chi connectivity index (χ2v) is 6.28. The zero-order valence-electron chi connectivity index (χ0n) is 9.36. The van der Waals surface area contributed by atoms with Crippen LogP contribution in [0.1, 0.15) is 30.6 Å². The average Bonchev–Trinajstić information content (AvgIpc) is 2.58. The molecule has 0 atom stereocenters. The minimum atomic E-state index is 0.303. The third-order valence-electron chi connectivity index (χ3n) is 3.18. The fraction of sp³-hybridized carbons (Fsp3) is 0.667. The zero-order chi connectivity index (χ0) is 11.4. The maximum absolute atomic E-state index is 8.93. The molecule has 2 nitrogen and oxygen atoms in total. The van der Waals surface area contributed by atoms with Crippen molar-refractivity contribution >= 4 is 27.3 Å². The molecule has 0 bridgehead atoms. The zero-order valence-corrected chi connectivity index (χ0v) is 11.8. The summed E-state index contributed by atoms with van der Waals surface area (Å²) in [6, 6.07) is 2.96. The predicted octanol–water partition coefficient (Wildman–Crippen LogP) is 3.25. The highest BCUT2D eigenvalue weighted by Crippen LogP contribution is 2.28. The Balaban J connectivity index is 1.90. The van der Waals surface area contributed by atoms with Gasteiger partial charge in [0.05, 0.1) is 0 Å². The molecule has 4 heteroatoms. The standard InChI is InChI=1S/C12H18BrNOS/c13-10-7-12(16-9-10)8-14(5-2-6-15)11-3-1-4-11/h7,9,11,15H,1-6,8H2. The van der Waals surface area contributed by atoms with Crippen molar-refractivity contribution < 1.29 is 5.11 Å². The van der Waals surface area contributed by atoms with E-state index in [4.69, 9.17) is 5.11 Å². The van der Waals surface area contributed by atoms with Gasteiger partial charge in [-0.2, -0.15) is 0 Å². The summed E-state index contributed by atoms with van der Waals surface area (Å²) < 4.78 is 1.18. The highest BCUT2D eigenvalue weighted by atomic mass is 79.9. The van der Waals surface area contributed by atoms with Gasteiger partial charge in [0.15, 0.2) is 0 Å². The Hall–Kier alpha value is 0.1000. The number of hydrogen-bond acceptors (Lipinski definition) is 3. The van der Waals surface area contributed by atoms with E-state index in [1.807, 2.05) is 11.3 Å². The van der Waals surface area contributed by atoms with Crippen molar-refractivity contribution in [2.75, 3.05) is 13.2 Å². The van der Waals surface area contributed by atoms with E-state index in [2.05, 4.69) is 32.3 Å². The Morgan fingerprint density at radius 3 is 2.81 bits per heavy atom. The lowest BCUT2D eigenvalue weighted by Gasteiger charge is -2.37. The van der Waals surface area contributed by atoms with Crippen LogP contribution in [0.2, 0.25) is 0 Å². The largest absolute Gasteiger partial charge is 0.396 e. The van der Waals surface area contributed by atoms with Gasteiger partial charge in [0.2, 0.25) is 0 Å². The van der Waals surface area contributed by atoms with Crippen LogP contribution in [-0.2, 0) is 6.54 Å². The van der Waals surface area contributed by atoms with Crippen LogP contribution in [0.25, 0.3) is 0 Å². The van der Waals surface area contributed by atoms with Crippen molar-refractivity contribution in [1.82, 2.24) is 4.90 Å². The molecule has 0 aromatic carbocycles. The fourth-order valence-corrected chi connectivity index (χ4v) is 3.53. The summed E-state index contributed by atoms with van der Waals surface area (Å²) in [5.74, 6) is 0. The van der Waals surface area contributed by atoms with E-state index in [0.717, 1.165) is 25.6 Å². The Morgan fingerprint density at radius 2 is 2.31 bits per heavy atom. The van der Waals surface area contributed by atoms with Gasteiger partial charge < -0.3 is 5.11 Å². The number of nitrogens with zero attached hydrogens (tertiary/aromatic N) is 1. The second kappa shape index (κ2) is 6.15. The van der Waals surface area contributed by atoms with Gasteiger partial charge in [0, 0.05) is 40.5 Å². The van der Waals surface area contributed by atoms with Gasteiger partial charge in [-0.15, -0.1) is 11.3 Å². The topological polar surface area (TPSA) is 23.5 Å². The number of aliphatic hydroxyl groups excluding tert-OH is 1. The Labute approximate surface area is 109 Å². The van der Waals surface area contributed by atoms with Crippen LogP contribution in [0.5, 0.6) is 0 Å². The molecule has 0 radical (unpaired) electrons. The molecule has 0 unspecified atom stereocenters. The maximum atomic E-state index is 8.93. The summed E-state index contributed by atoms with van der Waals surface area (Å²) in [5, 5.41) is 11.1. The highest BCUT2D eigenvalue weighted by Gasteiger charge is 2.24. The first-order chi connectivity index (χ1) is 7.79. The van der Waals surface area contributed by atoms with Crippen molar-refractivity contribution in [1.29, 1.82) is 0 Å². The van der Waals surface area contributed by atoms with Gasteiger partial charge in [-0.1, -0.05) is 6.42 Å². The predicted molar refractivity (Wildman–Crippen MR) is 71.8 cm³/mol. The number of hydrogen-bond donors (Lipinski definition) is 1. The Bertz CT molecular complexity index is 325. The lowest BCUT2D eigenvalue weighted by molar-refractivity contribution is 0.110. The van der Waals surface area contributed by atoms with Gasteiger partial charge in [0.1, 0.15) is 0 Å². The summed E-state index contributed by atoms with van der Waals surface area (Å²) in [6.45, 7) is 2.37. The van der Waals surface area contributed by atoms with Crippen LogP contribution in [-0.4, -0.2) is 29.2 Å². The van der Waals surface area contributed by atoms with Gasteiger partial charge >= 0.3 is 0 Å². The van der Waals surface area contributed by atoms with Crippen LogP contribution in [0.15, 0.2) is 15.9 Å². The van der Waals surface area contributed by atoms with E-state index in [1.54, 1.807) is 0 Å². The molecular formula is C12H18BrNOS. The number of rotatable bonds is 6. The molecule has 0 amide bonds. The van der Waals surface area contributed by atoms with Crippen LogP contribution >= 0.6 is 27.3 Å². The molecule has 16 heavy (non-hydrogen) atoms. The van der Waals surface area contributed by atoms with E-state index in [9.17, 15) is 0 Å². The first kappa shape index (κ1) is 12.6. The van der Waals surface area contributed by atoms with E-state index in [1.165, 1.54) is 28.6 Å². The number of thiophene rings is 1. The minimum absolute atomic E-state index is 0.303. The monoisotopic (exact) mass is 303 g/mol. The summed E-state index contributed by atoms with van der Waals surface area (Å²) in [6.07, 6.45) is 4.92. The van der Waals surface area contributed by atoms with Crippen molar-refractivity contribution in [2.45, 2.75) is 38.3 Å². The molecule has 0 saturated heterocycles. The molecule has 1 fully saturated rings. The highest BCUT2D eigenvalue weighted by molar-refractivity contribution is 9.10. The quantitative estimate of drug-likeness (QED) is 0.872. The Kier molecular flexibility index (Phi) is 4.82. The van der Waals surface area contributed by atoms with Crippen molar-refractivity contribution in [3.8, 4) is 0 Å². The third kappa shape index (κ3) is 3.29. The number of aliphatic hydroxyl groups is 1. The minimum Gasteiger partial charge on any atom is -0.396 e. The van der Waals surface area contributed by atoms with Gasteiger partial charge in [0.25, 0.3) is 0 Å². The first-order valence-corrected chi connectivity index (χ1v) is 7.54. The molecule has 1 heterocycles. The summed E-state index contributed by atoms with van der Waals surface area (Å²) in [5.41, 5.74) is 0. The fourth-order valence-electron chi connectivity index (χ4n) is 2.05. The Morgan fingerprint density at radius 1 is 1.50 bits per heavy atom. The second-order valence-electron chi connectivity index (χ2n) is 4.36. The van der Waals surface area contributed by atoms with E-state index < -0.39 is 0 Å². The van der Waals surface area contributed by atoms with Crippen LogP contribution in [0.3, 0.4) is 0 Å². The van der Waals surface area contributed by atoms with E-state index >= 15 is 0 Å². The first-order valence-electron chi connectivity index (χ1n) is 5.87. The molecule has 1 aliphatic rings. The molecule has 2 rings (SSSR count). The van der Waals surface area contributed by atoms with E-state index in [-0.39, 0.29) is 0 Å². The molecule has 1 N–H and O–H groups in total. The lowest BCUT2D eigenvalue weighted by atomic mass is 9.91. The van der Waals surface area contributed by atoms with Crippen LogP contribution in [0.4, 0.5) is 0 Å². The normalized spacial score (nSPS) is 16.7.